The van der Waals surface area contributed by atoms with Crippen LogP contribution in [-0.4, -0.2) is 45.3 Å². The molecular weight excluding hydrogens is 254 g/mol. The maximum absolute atomic E-state index is 9.70. The van der Waals surface area contributed by atoms with E-state index in [1.54, 1.807) is 14.2 Å². The van der Waals surface area contributed by atoms with Crippen LogP contribution < -0.4 is 14.8 Å². The summed E-state index contributed by atoms with van der Waals surface area (Å²) >= 11 is 0. The van der Waals surface area contributed by atoms with Crippen molar-refractivity contribution in [3.63, 3.8) is 0 Å². The predicted molar refractivity (Wildman–Crippen MR) is 77.0 cm³/mol. The van der Waals surface area contributed by atoms with Crippen molar-refractivity contribution in [1.82, 2.24) is 10.2 Å². The number of nitrogens with one attached hydrogen (secondary N) is 1. The van der Waals surface area contributed by atoms with Crippen molar-refractivity contribution in [1.29, 1.82) is 5.26 Å². The molecule has 1 aromatic rings. The van der Waals surface area contributed by atoms with Gasteiger partial charge in [0, 0.05) is 26.2 Å². The smallest absolute Gasteiger partial charge is 0.161 e. The number of ether oxygens (including phenoxy) is 2. The summed E-state index contributed by atoms with van der Waals surface area (Å²) in [6, 6.07) is 8.14. The number of methoxy groups -OCH3 is 2. The lowest BCUT2D eigenvalue weighted by atomic mass is 9.90. The Morgan fingerprint density at radius 2 is 1.85 bits per heavy atom. The second kappa shape index (κ2) is 6.12. The summed E-state index contributed by atoms with van der Waals surface area (Å²) < 4.78 is 10.6. The third-order valence-corrected chi connectivity index (χ3v) is 3.91. The maximum Gasteiger partial charge on any atom is 0.161 e. The first-order valence-corrected chi connectivity index (χ1v) is 6.75. The Bertz CT molecular complexity index is 506. The molecule has 1 unspecified atom stereocenters. The molecular formula is C15H21N3O2. The first kappa shape index (κ1) is 14.6. The molecule has 1 fully saturated rings. The van der Waals surface area contributed by atoms with Crippen molar-refractivity contribution in [2.24, 2.45) is 0 Å². The molecule has 1 saturated heterocycles. The van der Waals surface area contributed by atoms with Gasteiger partial charge >= 0.3 is 0 Å². The highest BCUT2D eigenvalue weighted by Gasteiger charge is 2.35. The molecule has 1 aliphatic rings. The molecule has 0 aromatic heterocycles. The Morgan fingerprint density at radius 3 is 2.40 bits per heavy atom. The van der Waals surface area contributed by atoms with Gasteiger partial charge in [-0.1, -0.05) is 6.07 Å². The maximum atomic E-state index is 9.70. The van der Waals surface area contributed by atoms with Crippen molar-refractivity contribution < 1.29 is 9.47 Å². The van der Waals surface area contributed by atoms with E-state index in [9.17, 15) is 5.26 Å². The number of hydrogen-bond acceptors (Lipinski definition) is 5. The van der Waals surface area contributed by atoms with Gasteiger partial charge in [-0.3, -0.25) is 4.90 Å². The molecule has 1 aliphatic heterocycles. The van der Waals surface area contributed by atoms with Gasteiger partial charge < -0.3 is 14.8 Å². The summed E-state index contributed by atoms with van der Waals surface area (Å²) in [7, 11) is 3.22. The molecule has 0 bridgehead atoms. The second-order valence-corrected chi connectivity index (χ2v) is 4.99. The summed E-state index contributed by atoms with van der Waals surface area (Å²) in [4.78, 5) is 2.20. The first-order valence-electron chi connectivity index (χ1n) is 6.75. The topological polar surface area (TPSA) is 57.5 Å². The summed E-state index contributed by atoms with van der Waals surface area (Å²) in [5, 5.41) is 13.0. The molecule has 20 heavy (non-hydrogen) atoms. The van der Waals surface area contributed by atoms with Gasteiger partial charge in [0.1, 0.15) is 5.54 Å². The molecule has 0 saturated carbocycles. The Hall–Kier alpha value is -1.77. The highest BCUT2D eigenvalue weighted by molar-refractivity contribution is 5.46. The van der Waals surface area contributed by atoms with Crippen LogP contribution in [0.4, 0.5) is 0 Å². The van der Waals surface area contributed by atoms with Gasteiger partial charge in [-0.2, -0.15) is 5.26 Å². The molecule has 0 spiro atoms. The standard InChI is InChI=1S/C15H21N3O2/c1-15(11-16,18-8-6-17-7-9-18)12-4-5-13(19-2)14(10-12)20-3/h4-5,10,17H,6-9H2,1-3H3. The van der Waals surface area contributed by atoms with E-state index in [0.717, 1.165) is 31.7 Å². The van der Waals surface area contributed by atoms with Gasteiger partial charge in [-0.25, -0.2) is 0 Å². The summed E-state index contributed by atoms with van der Waals surface area (Å²) in [6.07, 6.45) is 0. The minimum Gasteiger partial charge on any atom is -0.493 e. The number of piperazine rings is 1. The normalized spacial score (nSPS) is 18.9. The largest absolute Gasteiger partial charge is 0.493 e. The van der Waals surface area contributed by atoms with Gasteiger partial charge in [0.05, 0.1) is 20.3 Å². The number of rotatable bonds is 4. The van der Waals surface area contributed by atoms with E-state index in [2.05, 4.69) is 16.3 Å². The third-order valence-electron chi connectivity index (χ3n) is 3.91. The van der Waals surface area contributed by atoms with Crippen LogP contribution in [0.25, 0.3) is 0 Å². The van der Waals surface area contributed by atoms with E-state index in [-0.39, 0.29) is 0 Å². The molecule has 1 aromatic carbocycles. The number of benzene rings is 1. The number of nitrogens with zero attached hydrogens (tertiary/aromatic N) is 2. The molecule has 1 N–H and O–H groups in total. The minimum atomic E-state index is -0.651. The lowest BCUT2D eigenvalue weighted by Crippen LogP contribution is -2.52. The van der Waals surface area contributed by atoms with E-state index >= 15 is 0 Å². The van der Waals surface area contributed by atoms with Gasteiger partial charge in [0.2, 0.25) is 0 Å². The Balaban J connectivity index is 2.38. The van der Waals surface area contributed by atoms with E-state index in [1.165, 1.54) is 0 Å². The molecule has 1 atom stereocenters. The predicted octanol–water partition coefficient (Wildman–Crippen LogP) is 1.35. The highest BCUT2D eigenvalue weighted by Crippen LogP contribution is 2.35. The van der Waals surface area contributed by atoms with Crippen LogP contribution in [-0.2, 0) is 5.54 Å². The van der Waals surface area contributed by atoms with Crippen molar-refractivity contribution in [2.45, 2.75) is 12.5 Å². The molecule has 5 nitrogen and oxygen atoms in total. The first-order chi connectivity index (χ1) is 9.65. The van der Waals surface area contributed by atoms with Crippen LogP contribution in [0, 0.1) is 11.3 Å². The minimum absolute atomic E-state index is 0.651. The molecule has 2 rings (SSSR count). The quantitative estimate of drug-likeness (QED) is 0.899. The Labute approximate surface area is 120 Å². The van der Waals surface area contributed by atoms with Crippen LogP contribution in [0.3, 0.4) is 0 Å². The molecule has 5 heteroatoms. The fourth-order valence-electron chi connectivity index (χ4n) is 2.57. The van der Waals surface area contributed by atoms with E-state index < -0.39 is 5.54 Å². The zero-order valence-electron chi connectivity index (χ0n) is 12.3. The van der Waals surface area contributed by atoms with Gasteiger partial charge in [-0.05, 0) is 24.6 Å². The van der Waals surface area contributed by atoms with E-state index in [1.807, 2.05) is 25.1 Å². The lowest BCUT2D eigenvalue weighted by molar-refractivity contribution is 0.132. The van der Waals surface area contributed by atoms with Crippen molar-refractivity contribution in [3.8, 4) is 17.6 Å². The van der Waals surface area contributed by atoms with E-state index in [4.69, 9.17) is 9.47 Å². The zero-order valence-corrected chi connectivity index (χ0v) is 12.3. The SMILES string of the molecule is COc1ccc(C(C)(C#N)N2CCNCC2)cc1OC. The fourth-order valence-corrected chi connectivity index (χ4v) is 2.57. The van der Waals surface area contributed by atoms with Crippen LogP contribution in [0.1, 0.15) is 12.5 Å². The number of nitriles is 1. The van der Waals surface area contributed by atoms with Crippen LogP contribution in [0.15, 0.2) is 18.2 Å². The molecule has 0 radical (unpaired) electrons. The average Bonchev–Trinajstić information content (AvgIpc) is 2.54. The monoisotopic (exact) mass is 275 g/mol. The van der Waals surface area contributed by atoms with Crippen molar-refractivity contribution in [2.75, 3.05) is 40.4 Å². The second-order valence-electron chi connectivity index (χ2n) is 4.99. The van der Waals surface area contributed by atoms with Crippen LogP contribution >= 0.6 is 0 Å². The van der Waals surface area contributed by atoms with Gasteiger partial charge in [0.25, 0.3) is 0 Å². The zero-order chi connectivity index (χ0) is 14.6. The van der Waals surface area contributed by atoms with Crippen LogP contribution in [0.2, 0.25) is 0 Å². The Morgan fingerprint density at radius 1 is 1.20 bits per heavy atom. The van der Waals surface area contributed by atoms with Gasteiger partial charge in [0.15, 0.2) is 11.5 Å². The summed E-state index contributed by atoms with van der Waals surface area (Å²) in [5.41, 5.74) is 0.279. The summed E-state index contributed by atoms with van der Waals surface area (Å²) in [6.45, 7) is 5.49. The summed E-state index contributed by atoms with van der Waals surface area (Å²) in [5.74, 6) is 1.33. The molecule has 0 amide bonds. The fraction of sp³-hybridized carbons (Fsp3) is 0.533. The third kappa shape index (κ3) is 2.58. The van der Waals surface area contributed by atoms with E-state index in [0.29, 0.717) is 11.5 Å². The molecule has 108 valence electrons. The number of hydrogen-bond donors (Lipinski definition) is 1. The van der Waals surface area contributed by atoms with Crippen LogP contribution in [0.5, 0.6) is 11.5 Å². The molecule has 0 aliphatic carbocycles. The highest BCUT2D eigenvalue weighted by atomic mass is 16.5. The lowest BCUT2D eigenvalue weighted by Gasteiger charge is -2.39. The van der Waals surface area contributed by atoms with Crippen molar-refractivity contribution >= 4 is 0 Å². The average molecular weight is 275 g/mol. The molecule has 1 heterocycles. The van der Waals surface area contributed by atoms with Gasteiger partial charge in [-0.15, -0.1) is 0 Å². The Kier molecular flexibility index (Phi) is 4.48. The van der Waals surface area contributed by atoms with Crippen molar-refractivity contribution in [3.05, 3.63) is 23.8 Å².